The minimum Gasteiger partial charge on any atom is -0.465 e. The second-order valence-electron chi connectivity index (χ2n) is 7.72. The van der Waals surface area contributed by atoms with Crippen LogP contribution in [0.2, 0.25) is 0 Å². The monoisotopic (exact) mass is 373 g/mol. The smallest absolute Gasteiger partial charge is 0.337 e. The highest BCUT2D eigenvalue weighted by Crippen LogP contribution is 2.36. The number of benzene rings is 1. The van der Waals surface area contributed by atoms with Gasteiger partial charge in [-0.15, -0.1) is 0 Å². The molecule has 4 atom stereocenters. The Balaban J connectivity index is 1.61. The second kappa shape index (κ2) is 8.11. The number of esters is 2. The molecule has 146 valence electrons. The normalized spacial score (nSPS) is 28.1. The standard InChI is InChI=1S/C21H27NO5/c1-13-5-4-6-18(14(13)2)22-12-16(11-19(22)23)21(25)27-17-9-7-15(8-10-17)20(24)26-3/h7-10,13-14,16,18H,4-6,11-12H2,1-3H3/t13-,14+,16+,18-/m0/s1. The van der Waals surface area contributed by atoms with Crippen LogP contribution in [0, 0.1) is 17.8 Å². The molecule has 0 spiro atoms. The molecule has 27 heavy (non-hydrogen) atoms. The van der Waals surface area contributed by atoms with Crippen molar-refractivity contribution >= 4 is 17.8 Å². The lowest BCUT2D eigenvalue weighted by Gasteiger charge is -2.39. The molecule has 2 fully saturated rings. The molecule has 1 amide bonds. The Bertz CT molecular complexity index is 714. The van der Waals surface area contributed by atoms with Crippen molar-refractivity contribution < 1.29 is 23.9 Å². The molecule has 1 aliphatic heterocycles. The van der Waals surface area contributed by atoms with E-state index in [4.69, 9.17) is 4.74 Å². The van der Waals surface area contributed by atoms with Gasteiger partial charge in [0, 0.05) is 19.0 Å². The van der Waals surface area contributed by atoms with Gasteiger partial charge in [-0.25, -0.2) is 4.79 Å². The van der Waals surface area contributed by atoms with Gasteiger partial charge in [-0.2, -0.15) is 0 Å². The van der Waals surface area contributed by atoms with Crippen LogP contribution in [0.5, 0.6) is 5.75 Å². The van der Waals surface area contributed by atoms with Gasteiger partial charge in [0.2, 0.25) is 5.91 Å². The Kier molecular flexibility index (Phi) is 5.82. The fraction of sp³-hybridized carbons (Fsp3) is 0.571. The molecule has 3 rings (SSSR count). The number of rotatable bonds is 4. The van der Waals surface area contributed by atoms with Gasteiger partial charge in [0.15, 0.2) is 0 Å². The van der Waals surface area contributed by atoms with Crippen molar-refractivity contribution in [1.82, 2.24) is 4.90 Å². The average Bonchev–Trinajstić information content (AvgIpc) is 3.05. The van der Waals surface area contributed by atoms with Gasteiger partial charge in [-0.3, -0.25) is 9.59 Å². The van der Waals surface area contributed by atoms with E-state index in [9.17, 15) is 14.4 Å². The fourth-order valence-corrected chi connectivity index (χ4v) is 4.18. The molecule has 6 nitrogen and oxygen atoms in total. The van der Waals surface area contributed by atoms with Gasteiger partial charge in [0.1, 0.15) is 5.75 Å². The van der Waals surface area contributed by atoms with Crippen LogP contribution < -0.4 is 4.74 Å². The third-order valence-electron chi connectivity index (χ3n) is 6.05. The number of nitrogens with zero attached hydrogens (tertiary/aromatic N) is 1. The summed E-state index contributed by atoms with van der Waals surface area (Å²) < 4.78 is 10.1. The van der Waals surface area contributed by atoms with E-state index in [-0.39, 0.29) is 18.4 Å². The minimum absolute atomic E-state index is 0.0453. The topological polar surface area (TPSA) is 72.9 Å². The predicted octanol–water partition coefficient (Wildman–Crippen LogP) is 3.05. The van der Waals surface area contributed by atoms with Gasteiger partial charge >= 0.3 is 11.9 Å². The molecular weight excluding hydrogens is 346 g/mol. The van der Waals surface area contributed by atoms with Crippen LogP contribution in [-0.2, 0) is 14.3 Å². The molecular formula is C21H27NO5. The lowest BCUT2D eigenvalue weighted by molar-refractivity contribution is -0.139. The fourth-order valence-electron chi connectivity index (χ4n) is 4.18. The molecule has 2 aliphatic rings. The van der Waals surface area contributed by atoms with Gasteiger partial charge in [0.05, 0.1) is 18.6 Å². The Morgan fingerprint density at radius 2 is 1.81 bits per heavy atom. The molecule has 0 N–H and O–H groups in total. The minimum atomic E-state index is -0.444. The second-order valence-corrected chi connectivity index (χ2v) is 7.72. The lowest BCUT2D eigenvalue weighted by atomic mass is 9.77. The summed E-state index contributed by atoms with van der Waals surface area (Å²) in [4.78, 5) is 38.4. The number of methoxy groups -OCH3 is 1. The molecule has 6 heteroatoms. The summed E-state index contributed by atoms with van der Waals surface area (Å²) >= 11 is 0. The highest BCUT2D eigenvalue weighted by molar-refractivity contribution is 5.90. The number of hydrogen-bond donors (Lipinski definition) is 0. The highest BCUT2D eigenvalue weighted by Gasteiger charge is 2.42. The predicted molar refractivity (Wildman–Crippen MR) is 99.2 cm³/mol. The van der Waals surface area contributed by atoms with Crippen molar-refractivity contribution in [2.45, 2.75) is 45.6 Å². The van der Waals surface area contributed by atoms with Gasteiger partial charge in [0.25, 0.3) is 0 Å². The SMILES string of the molecule is COC(=O)c1ccc(OC(=O)[C@@H]2CC(=O)N([C@H]3CCC[C@H](C)[C@H]3C)C2)cc1. The Morgan fingerprint density at radius 3 is 2.48 bits per heavy atom. The first-order chi connectivity index (χ1) is 12.9. The van der Waals surface area contributed by atoms with E-state index in [0.717, 1.165) is 12.8 Å². The van der Waals surface area contributed by atoms with Crippen LogP contribution in [0.3, 0.4) is 0 Å². The van der Waals surface area contributed by atoms with Crippen LogP contribution in [0.4, 0.5) is 0 Å². The quantitative estimate of drug-likeness (QED) is 0.599. The number of carbonyl (C=O) groups is 3. The summed E-state index contributed by atoms with van der Waals surface area (Å²) in [7, 11) is 1.31. The van der Waals surface area contributed by atoms with Gasteiger partial charge in [-0.05, 0) is 42.5 Å². The first-order valence-electron chi connectivity index (χ1n) is 9.60. The molecule has 1 aromatic rings. The van der Waals surface area contributed by atoms with Crippen LogP contribution in [0.15, 0.2) is 24.3 Å². The van der Waals surface area contributed by atoms with Crippen molar-refractivity contribution in [3.63, 3.8) is 0 Å². The maximum Gasteiger partial charge on any atom is 0.337 e. The Hall–Kier alpha value is -2.37. The third-order valence-corrected chi connectivity index (χ3v) is 6.05. The number of ether oxygens (including phenoxy) is 2. The molecule has 0 bridgehead atoms. The molecule has 0 aromatic heterocycles. The van der Waals surface area contributed by atoms with E-state index in [1.54, 1.807) is 24.3 Å². The number of likely N-dealkylation sites (tertiary alicyclic amines) is 1. The van der Waals surface area contributed by atoms with Gasteiger partial charge in [-0.1, -0.05) is 26.7 Å². The third kappa shape index (κ3) is 4.15. The summed E-state index contributed by atoms with van der Waals surface area (Å²) in [6, 6.07) is 6.43. The van der Waals surface area contributed by atoms with E-state index >= 15 is 0 Å². The maximum atomic E-state index is 12.5. The molecule has 1 heterocycles. The molecule has 1 saturated heterocycles. The van der Waals surface area contributed by atoms with E-state index in [1.165, 1.54) is 13.5 Å². The largest absolute Gasteiger partial charge is 0.465 e. The zero-order chi connectivity index (χ0) is 19.6. The van der Waals surface area contributed by atoms with E-state index in [2.05, 4.69) is 18.6 Å². The summed E-state index contributed by atoms with van der Waals surface area (Å²) in [5, 5.41) is 0. The molecule has 0 radical (unpaired) electrons. The highest BCUT2D eigenvalue weighted by atomic mass is 16.5. The number of carbonyl (C=O) groups excluding carboxylic acids is 3. The van der Waals surface area contributed by atoms with Crippen molar-refractivity contribution in [3.8, 4) is 5.75 Å². The maximum absolute atomic E-state index is 12.5. The Morgan fingerprint density at radius 1 is 1.11 bits per heavy atom. The average molecular weight is 373 g/mol. The van der Waals surface area contributed by atoms with E-state index in [0.29, 0.717) is 29.7 Å². The van der Waals surface area contributed by atoms with Crippen molar-refractivity contribution in [1.29, 1.82) is 0 Å². The summed E-state index contributed by atoms with van der Waals surface area (Å²) in [6.45, 7) is 4.87. The Labute approximate surface area is 159 Å². The zero-order valence-corrected chi connectivity index (χ0v) is 16.1. The number of hydrogen-bond acceptors (Lipinski definition) is 5. The van der Waals surface area contributed by atoms with Crippen molar-refractivity contribution in [2.24, 2.45) is 17.8 Å². The van der Waals surface area contributed by atoms with Gasteiger partial charge < -0.3 is 14.4 Å². The van der Waals surface area contributed by atoms with Crippen LogP contribution in [-0.4, -0.2) is 42.4 Å². The lowest BCUT2D eigenvalue weighted by Crippen LogP contribution is -2.45. The first kappa shape index (κ1) is 19.4. The van der Waals surface area contributed by atoms with E-state index in [1.807, 2.05) is 4.90 Å². The van der Waals surface area contributed by atoms with E-state index < -0.39 is 17.9 Å². The van der Waals surface area contributed by atoms with Crippen LogP contribution >= 0.6 is 0 Å². The first-order valence-corrected chi connectivity index (χ1v) is 9.60. The summed E-state index contributed by atoms with van der Waals surface area (Å²) in [6.07, 6.45) is 3.54. The molecule has 1 aromatic carbocycles. The van der Waals surface area contributed by atoms with Crippen molar-refractivity contribution in [3.05, 3.63) is 29.8 Å². The summed E-state index contributed by atoms with van der Waals surface area (Å²) in [5.74, 6) is 0.164. The molecule has 0 unspecified atom stereocenters. The summed E-state index contributed by atoms with van der Waals surface area (Å²) in [5.41, 5.74) is 0.389. The van der Waals surface area contributed by atoms with Crippen LogP contribution in [0.25, 0.3) is 0 Å². The molecule has 1 saturated carbocycles. The number of amides is 1. The van der Waals surface area contributed by atoms with Crippen LogP contribution in [0.1, 0.15) is 49.9 Å². The molecule has 1 aliphatic carbocycles. The zero-order valence-electron chi connectivity index (χ0n) is 16.1. The van der Waals surface area contributed by atoms with Crippen molar-refractivity contribution in [2.75, 3.05) is 13.7 Å².